The number of sulfonamides is 1. The van der Waals surface area contributed by atoms with Crippen LogP contribution in [-0.2, 0) is 10.0 Å². The van der Waals surface area contributed by atoms with Gasteiger partial charge in [0.15, 0.2) is 0 Å². The number of alkyl halides is 2. The average Bonchev–Trinajstić information content (AvgIpc) is 2.69. The van der Waals surface area contributed by atoms with Gasteiger partial charge in [0.2, 0.25) is 16.0 Å². The molecule has 1 aliphatic carbocycles. The molecule has 1 aliphatic rings. The molecule has 1 saturated carbocycles. The third-order valence-corrected chi connectivity index (χ3v) is 6.45. The Morgan fingerprint density at radius 1 is 1.11 bits per heavy atom. The van der Waals surface area contributed by atoms with Crippen LogP contribution in [-0.4, -0.2) is 25.4 Å². The Bertz CT molecular complexity index is 945. The van der Waals surface area contributed by atoms with Gasteiger partial charge in [-0.05, 0) is 56.6 Å². The largest absolute Gasteiger partial charge is 0.324 e. The highest BCUT2D eigenvalue weighted by atomic mass is 32.2. The molecule has 1 aromatic heterocycles. The van der Waals surface area contributed by atoms with E-state index in [4.69, 9.17) is 0 Å². The molecule has 9 heteroatoms. The van der Waals surface area contributed by atoms with Gasteiger partial charge >= 0.3 is 0 Å². The lowest BCUT2D eigenvalue weighted by Gasteiger charge is -2.22. The van der Waals surface area contributed by atoms with Crippen molar-refractivity contribution in [3.05, 3.63) is 41.2 Å². The first-order valence-electron chi connectivity index (χ1n) is 9.28. The van der Waals surface area contributed by atoms with Crippen molar-refractivity contribution in [3.63, 3.8) is 0 Å². The molecule has 28 heavy (non-hydrogen) atoms. The van der Waals surface area contributed by atoms with E-state index >= 15 is 0 Å². The summed E-state index contributed by atoms with van der Waals surface area (Å²) < 4.78 is 52.8. The van der Waals surface area contributed by atoms with Gasteiger partial charge < -0.3 is 5.32 Å². The number of rotatable bonds is 6. The first-order chi connectivity index (χ1) is 13.3. The predicted molar refractivity (Wildman–Crippen MR) is 104 cm³/mol. The van der Waals surface area contributed by atoms with Crippen LogP contribution in [0.15, 0.2) is 29.2 Å². The van der Waals surface area contributed by atoms with Crippen LogP contribution in [0.25, 0.3) is 0 Å². The Balaban J connectivity index is 1.92. The normalized spacial score (nSPS) is 15.8. The van der Waals surface area contributed by atoms with Crippen molar-refractivity contribution in [2.45, 2.75) is 56.3 Å². The minimum Gasteiger partial charge on any atom is -0.324 e. The zero-order valence-corrected chi connectivity index (χ0v) is 16.7. The number of aromatic nitrogens is 2. The monoisotopic (exact) mass is 410 g/mol. The summed E-state index contributed by atoms with van der Waals surface area (Å²) in [4.78, 5) is 8.55. The summed E-state index contributed by atoms with van der Waals surface area (Å²) in [5, 5.41) is 2.97. The second-order valence-electron chi connectivity index (χ2n) is 6.99. The molecule has 0 unspecified atom stereocenters. The Morgan fingerprint density at radius 2 is 1.82 bits per heavy atom. The first-order valence-corrected chi connectivity index (χ1v) is 10.8. The molecular weight excluding hydrogens is 386 g/mol. The van der Waals surface area contributed by atoms with Gasteiger partial charge in [0.05, 0.1) is 4.90 Å². The smallest absolute Gasteiger partial charge is 0.280 e. The van der Waals surface area contributed by atoms with Crippen LogP contribution in [0.1, 0.15) is 61.4 Å². The summed E-state index contributed by atoms with van der Waals surface area (Å²) in [5.41, 5.74) is 1.54. The number of halogens is 2. The fourth-order valence-corrected chi connectivity index (χ4v) is 4.26. The van der Waals surface area contributed by atoms with E-state index in [1.54, 1.807) is 13.0 Å². The second kappa shape index (κ2) is 8.48. The minimum atomic E-state index is -3.56. The van der Waals surface area contributed by atoms with E-state index in [-0.39, 0.29) is 22.5 Å². The third kappa shape index (κ3) is 4.64. The third-order valence-electron chi connectivity index (χ3n) is 5.04. The maximum Gasteiger partial charge on any atom is 0.280 e. The predicted octanol–water partition coefficient (Wildman–Crippen LogP) is 4.42. The van der Waals surface area contributed by atoms with Crippen molar-refractivity contribution in [2.75, 3.05) is 12.4 Å². The first kappa shape index (κ1) is 20.6. The fourth-order valence-electron chi connectivity index (χ4n) is 3.44. The molecule has 2 N–H and O–H groups in total. The van der Waals surface area contributed by atoms with Crippen LogP contribution in [0.2, 0.25) is 0 Å². The molecule has 1 fully saturated rings. The Kier molecular flexibility index (Phi) is 6.24. The highest BCUT2D eigenvalue weighted by Gasteiger charge is 2.21. The number of aryl methyl sites for hydroxylation is 1. The molecule has 2 aromatic rings. The quantitative estimate of drug-likeness (QED) is 0.736. The number of nitrogens with one attached hydrogen (secondary N) is 2. The second-order valence-corrected chi connectivity index (χ2v) is 8.87. The summed E-state index contributed by atoms with van der Waals surface area (Å²) in [6.07, 6.45) is 2.50. The zero-order valence-electron chi connectivity index (χ0n) is 15.9. The molecule has 0 bridgehead atoms. The van der Waals surface area contributed by atoms with Crippen molar-refractivity contribution < 1.29 is 17.2 Å². The number of nitrogens with zero attached hydrogens (tertiary/aromatic N) is 2. The molecule has 1 aromatic carbocycles. The number of anilines is 2. The number of hydrogen-bond acceptors (Lipinski definition) is 5. The summed E-state index contributed by atoms with van der Waals surface area (Å²) in [6.45, 7) is 1.73. The van der Waals surface area contributed by atoms with Crippen molar-refractivity contribution in [2.24, 2.45) is 0 Å². The van der Waals surface area contributed by atoms with Gasteiger partial charge in [0.1, 0.15) is 5.69 Å². The lowest BCUT2D eigenvalue weighted by atomic mass is 9.86. The summed E-state index contributed by atoms with van der Waals surface area (Å²) >= 11 is 0. The average molecular weight is 410 g/mol. The van der Waals surface area contributed by atoms with Gasteiger partial charge in [0.25, 0.3) is 6.43 Å². The van der Waals surface area contributed by atoms with Crippen molar-refractivity contribution in [3.8, 4) is 0 Å². The molecule has 0 spiro atoms. The minimum absolute atomic E-state index is 0.102. The van der Waals surface area contributed by atoms with E-state index in [2.05, 4.69) is 20.0 Å². The molecule has 0 radical (unpaired) electrons. The van der Waals surface area contributed by atoms with Gasteiger partial charge in [-0.3, -0.25) is 0 Å². The van der Waals surface area contributed by atoms with Crippen LogP contribution in [0, 0.1) is 6.92 Å². The maximum absolute atomic E-state index is 13.3. The summed E-state index contributed by atoms with van der Waals surface area (Å²) in [7, 11) is -2.22. The van der Waals surface area contributed by atoms with Crippen LogP contribution in [0.4, 0.5) is 20.4 Å². The van der Waals surface area contributed by atoms with E-state index in [1.165, 1.54) is 25.2 Å². The standard InChI is InChI=1S/C19H24F2N4O2S/c1-12-10-14(28(26,27)22-2)8-9-15(12)23-19-24-16(11-17(25-19)18(20)21)13-6-4-3-5-7-13/h8-11,13,18,22H,3-7H2,1-2H3,(H,23,24,25). The van der Waals surface area contributed by atoms with Gasteiger partial charge in [0, 0.05) is 17.3 Å². The Labute approximate surface area is 163 Å². The highest BCUT2D eigenvalue weighted by Crippen LogP contribution is 2.34. The molecule has 0 saturated heterocycles. The van der Waals surface area contributed by atoms with Crippen molar-refractivity contribution in [1.29, 1.82) is 0 Å². The van der Waals surface area contributed by atoms with Gasteiger partial charge in [-0.1, -0.05) is 19.3 Å². The van der Waals surface area contributed by atoms with Crippen LogP contribution >= 0.6 is 0 Å². The fraction of sp³-hybridized carbons (Fsp3) is 0.474. The zero-order chi connectivity index (χ0) is 20.3. The highest BCUT2D eigenvalue weighted by molar-refractivity contribution is 7.89. The lowest BCUT2D eigenvalue weighted by Crippen LogP contribution is -2.18. The van der Waals surface area contributed by atoms with Gasteiger partial charge in [-0.25, -0.2) is 31.9 Å². The summed E-state index contributed by atoms with van der Waals surface area (Å²) in [6, 6.07) is 5.94. The Morgan fingerprint density at radius 3 is 2.43 bits per heavy atom. The van der Waals surface area contributed by atoms with E-state index in [9.17, 15) is 17.2 Å². The molecule has 152 valence electrons. The van der Waals surface area contributed by atoms with Crippen molar-refractivity contribution >= 4 is 21.7 Å². The lowest BCUT2D eigenvalue weighted by molar-refractivity contribution is 0.146. The van der Waals surface area contributed by atoms with E-state index in [1.807, 2.05) is 0 Å². The van der Waals surface area contributed by atoms with E-state index < -0.39 is 16.4 Å². The van der Waals surface area contributed by atoms with Crippen LogP contribution in [0.5, 0.6) is 0 Å². The SMILES string of the molecule is CNS(=O)(=O)c1ccc(Nc2nc(C(F)F)cc(C3CCCCC3)n2)c(C)c1. The molecule has 0 amide bonds. The molecule has 0 aliphatic heterocycles. The van der Waals surface area contributed by atoms with E-state index in [0.29, 0.717) is 16.9 Å². The number of hydrogen-bond donors (Lipinski definition) is 2. The maximum atomic E-state index is 13.3. The van der Waals surface area contributed by atoms with Crippen LogP contribution < -0.4 is 10.0 Å². The molecule has 6 nitrogen and oxygen atoms in total. The topological polar surface area (TPSA) is 84.0 Å². The molecule has 0 atom stereocenters. The van der Waals surface area contributed by atoms with E-state index in [0.717, 1.165) is 32.1 Å². The molecule has 3 rings (SSSR count). The summed E-state index contributed by atoms with van der Waals surface area (Å²) in [5.74, 6) is 0.268. The van der Waals surface area contributed by atoms with Gasteiger partial charge in [-0.2, -0.15) is 0 Å². The molecular formula is C19H24F2N4O2S. The molecule has 1 heterocycles. The van der Waals surface area contributed by atoms with Crippen molar-refractivity contribution in [1.82, 2.24) is 14.7 Å². The Hall–Kier alpha value is -2.13. The number of benzene rings is 1. The van der Waals surface area contributed by atoms with Crippen LogP contribution in [0.3, 0.4) is 0 Å². The van der Waals surface area contributed by atoms with Gasteiger partial charge in [-0.15, -0.1) is 0 Å².